The lowest BCUT2D eigenvalue weighted by Crippen LogP contribution is -2.38. The number of carbonyl (C=O) groups is 2. The SMILES string of the molecule is CCC/C(=C\c1cccc(O)c1)CC[C@@H](O)C1=C(C)C[C@H]2C(=O)N(c3ccc(Nc4ccccc4)cc3)C(=O)[C@H]2[C@H]1CO. The van der Waals surface area contributed by atoms with E-state index in [1.54, 1.807) is 30.3 Å². The summed E-state index contributed by atoms with van der Waals surface area (Å²) < 4.78 is 0. The second-order valence-electron chi connectivity index (χ2n) is 11.6. The number of fused-ring (bicyclic) bond motifs is 1. The minimum absolute atomic E-state index is 0.206. The van der Waals surface area contributed by atoms with E-state index < -0.39 is 23.9 Å². The molecule has 7 heteroatoms. The Bertz CT molecular complexity index is 1510. The Morgan fingerprint density at radius 3 is 2.37 bits per heavy atom. The number of allylic oxidation sites excluding steroid dienone is 2. The number of hydrogen-bond donors (Lipinski definition) is 4. The highest BCUT2D eigenvalue weighted by Gasteiger charge is 2.54. The van der Waals surface area contributed by atoms with Crippen molar-refractivity contribution >= 4 is 35.0 Å². The highest BCUT2D eigenvalue weighted by atomic mass is 16.3. The van der Waals surface area contributed by atoms with Crippen molar-refractivity contribution in [2.75, 3.05) is 16.8 Å². The number of imide groups is 1. The second-order valence-corrected chi connectivity index (χ2v) is 11.6. The Labute approximate surface area is 253 Å². The number of carbonyl (C=O) groups excluding carboxylic acids is 2. The zero-order valence-corrected chi connectivity index (χ0v) is 24.7. The zero-order valence-electron chi connectivity index (χ0n) is 24.7. The van der Waals surface area contributed by atoms with E-state index >= 15 is 0 Å². The summed E-state index contributed by atoms with van der Waals surface area (Å²) in [6.45, 7) is 3.68. The maximum atomic E-state index is 13.8. The van der Waals surface area contributed by atoms with Gasteiger partial charge >= 0.3 is 0 Å². The number of hydrogen-bond acceptors (Lipinski definition) is 6. The van der Waals surface area contributed by atoms with Crippen molar-refractivity contribution in [1.29, 1.82) is 0 Å². The maximum Gasteiger partial charge on any atom is 0.238 e. The molecule has 224 valence electrons. The van der Waals surface area contributed by atoms with Crippen LogP contribution in [0.5, 0.6) is 5.75 Å². The number of anilines is 3. The molecule has 0 spiro atoms. The molecule has 2 aliphatic rings. The highest BCUT2D eigenvalue weighted by molar-refractivity contribution is 6.22. The molecule has 1 aliphatic carbocycles. The van der Waals surface area contributed by atoms with Crippen LogP contribution in [0.4, 0.5) is 17.1 Å². The maximum absolute atomic E-state index is 13.8. The fourth-order valence-corrected chi connectivity index (χ4v) is 6.67. The Kier molecular flexibility index (Phi) is 9.43. The smallest absolute Gasteiger partial charge is 0.238 e. The number of benzene rings is 3. The van der Waals surface area contributed by atoms with Gasteiger partial charge < -0.3 is 20.6 Å². The van der Waals surface area contributed by atoms with Gasteiger partial charge in [0.15, 0.2) is 0 Å². The molecule has 0 bridgehead atoms. The Balaban J connectivity index is 1.31. The second kappa shape index (κ2) is 13.4. The number of nitrogens with one attached hydrogen (secondary N) is 1. The third-order valence-corrected chi connectivity index (χ3v) is 8.62. The molecule has 1 saturated heterocycles. The molecule has 0 radical (unpaired) electrons. The van der Waals surface area contributed by atoms with Crippen LogP contribution >= 0.6 is 0 Å². The average molecular weight is 581 g/mol. The number of phenols is 1. The van der Waals surface area contributed by atoms with E-state index in [2.05, 4.69) is 18.3 Å². The number of aliphatic hydroxyl groups is 2. The number of phenolic OH excluding ortho intramolecular Hbond substituents is 1. The quantitative estimate of drug-likeness (QED) is 0.150. The van der Waals surface area contributed by atoms with Gasteiger partial charge in [0.1, 0.15) is 5.75 Å². The van der Waals surface area contributed by atoms with Crippen LogP contribution in [0.2, 0.25) is 0 Å². The van der Waals surface area contributed by atoms with Crippen LogP contribution < -0.4 is 10.2 Å². The summed E-state index contributed by atoms with van der Waals surface area (Å²) in [4.78, 5) is 28.6. The van der Waals surface area contributed by atoms with E-state index in [0.29, 0.717) is 30.5 Å². The monoisotopic (exact) mass is 580 g/mol. The predicted molar refractivity (Wildman–Crippen MR) is 170 cm³/mol. The first-order valence-electron chi connectivity index (χ1n) is 15.1. The molecule has 2 amide bonds. The van der Waals surface area contributed by atoms with Crippen LogP contribution in [0.15, 0.2) is 95.6 Å². The van der Waals surface area contributed by atoms with Gasteiger partial charge in [-0.25, -0.2) is 0 Å². The van der Waals surface area contributed by atoms with Gasteiger partial charge in [0.2, 0.25) is 11.8 Å². The molecular formula is C36H40N2O5. The van der Waals surface area contributed by atoms with Crippen LogP contribution in [0.25, 0.3) is 6.08 Å². The van der Waals surface area contributed by atoms with Crippen molar-refractivity contribution in [2.45, 2.75) is 52.1 Å². The minimum atomic E-state index is -0.845. The van der Waals surface area contributed by atoms with Crippen molar-refractivity contribution < 1.29 is 24.9 Å². The van der Waals surface area contributed by atoms with Gasteiger partial charge in [-0.2, -0.15) is 0 Å². The highest BCUT2D eigenvalue weighted by Crippen LogP contribution is 2.47. The molecule has 3 aromatic carbocycles. The number of rotatable bonds is 11. The number of aromatic hydroxyl groups is 1. The molecule has 43 heavy (non-hydrogen) atoms. The van der Waals surface area contributed by atoms with Gasteiger partial charge in [-0.1, -0.05) is 60.9 Å². The molecule has 5 rings (SSSR count). The summed E-state index contributed by atoms with van der Waals surface area (Å²) in [6.07, 6.45) is 4.46. The van der Waals surface area contributed by atoms with Crippen LogP contribution in [0.1, 0.15) is 51.5 Å². The predicted octanol–water partition coefficient (Wildman–Crippen LogP) is 6.59. The molecule has 7 nitrogen and oxygen atoms in total. The number of para-hydroxylation sites is 1. The molecule has 0 saturated carbocycles. The van der Waals surface area contributed by atoms with Gasteiger partial charge in [0.25, 0.3) is 0 Å². The van der Waals surface area contributed by atoms with E-state index in [1.807, 2.05) is 55.5 Å². The summed E-state index contributed by atoms with van der Waals surface area (Å²) in [6, 6.07) is 24.0. The first kappa shape index (κ1) is 30.3. The van der Waals surface area contributed by atoms with E-state index in [4.69, 9.17) is 0 Å². The molecule has 1 fully saturated rings. The topological polar surface area (TPSA) is 110 Å². The third-order valence-electron chi connectivity index (χ3n) is 8.62. The van der Waals surface area contributed by atoms with Crippen LogP contribution in [0, 0.1) is 17.8 Å². The van der Waals surface area contributed by atoms with Crippen molar-refractivity contribution in [3.05, 3.63) is 101 Å². The lowest BCUT2D eigenvalue weighted by molar-refractivity contribution is -0.123. The van der Waals surface area contributed by atoms with E-state index in [-0.39, 0.29) is 24.2 Å². The average Bonchev–Trinajstić information content (AvgIpc) is 3.24. The van der Waals surface area contributed by atoms with Gasteiger partial charge in [-0.15, -0.1) is 0 Å². The summed E-state index contributed by atoms with van der Waals surface area (Å²) >= 11 is 0. The van der Waals surface area contributed by atoms with Gasteiger partial charge in [-0.05, 0) is 92.3 Å². The van der Waals surface area contributed by atoms with Gasteiger partial charge in [0, 0.05) is 17.3 Å². The van der Waals surface area contributed by atoms with Crippen LogP contribution in [0.3, 0.4) is 0 Å². The van der Waals surface area contributed by atoms with Crippen molar-refractivity contribution in [1.82, 2.24) is 0 Å². The fourth-order valence-electron chi connectivity index (χ4n) is 6.67. The summed E-state index contributed by atoms with van der Waals surface area (Å²) in [5.74, 6) is -2.29. The van der Waals surface area contributed by atoms with Crippen molar-refractivity contribution in [3.8, 4) is 5.75 Å². The molecule has 0 aromatic heterocycles. The van der Waals surface area contributed by atoms with Crippen molar-refractivity contribution in [2.24, 2.45) is 17.8 Å². The number of nitrogens with zero attached hydrogens (tertiary/aromatic N) is 1. The molecule has 3 aromatic rings. The number of aliphatic hydroxyl groups excluding tert-OH is 2. The lowest BCUT2D eigenvalue weighted by Gasteiger charge is -2.35. The molecule has 4 atom stereocenters. The fraction of sp³-hybridized carbons (Fsp3) is 0.333. The summed E-state index contributed by atoms with van der Waals surface area (Å²) in [5.41, 5.74) is 5.88. The van der Waals surface area contributed by atoms with E-state index in [1.165, 1.54) is 4.90 Å². The molecular weight excluding hydrogens is 540 g/mol. The van der Waals surface area contributed by atoms with E-state index in [9.17, 15) is 24.9 Å². The number of amides is 2. The summed E-state index contributed by atoms with van der Waals surface area (Å²) in [7, 11) is 0. The standard InChI is InChI=1S/C36H40N2O5/c1-3-8-24(20-25-9-7-12-29(40)21-25)13-18-32(41)33-23(2)19-30-34(31(33)22-39)36(43)38(35(30)42)28-16-14-27(15-17-28)37-26-10-5-4-6-11-26/h4-7,9-12,14-17,20-21,30-32,34,37,39-41H,3,8,13,18-19,22H2,1-2H3/b24-20+/t30-,31+,32-,34-/m1/s1. The molecule has 0 unspecified atom stereocenters. The first-order chi connectivity index (χ1) is 20.8. The molecule has 1 aliphatic heterocycles. The Hall–Kier alpha value is -4.20. The summed E-state index contributed by atoms with van der Waals surface area (Å²) in [5, 5.41) is 35.1. The first-order valence-corrected chi connectivity index (χ1v) is 15.1. The Morgan fingerprint density at radius 2 is 1.70 bits per heavy atom. The third kappa shape index (κ3) is 6.58. The Morgan fingerprint density at radius 1 is 0.977 bits per heavy atom. The molecule has 1 heterocycles. The lowest BCUT2D eigenvalue weighted by atomic mass is 9.68. The van der Waals surface area contributed by atoms with Crippen LogP contribution in [-0.2, 0) is 9.59 Å². The van der Waals surface area contributed by atoms with Crippen LogP contribution in [-0.4, -0.2) is 39.8 Å². The van der Waals surface area contributed by atoms with Gasteiger partial charge in [-0.3, -0.25) is 14.5 Å². The minimum Gasteiger partial charge on any atom is -0.508 e. The normalized spacial score (nSPS) is 21.3. The van der Waals surface area contributed by atoms with Gasteiger partial charge in [0.05, 0.1) is 30.2 Å². The van der Waals surface area contributed by atoms with E-state index in [0.717, 1.165) is 40.9 Å². The van der Waals surface area contributed by atoms with Crippen molar-refractivity contribution in [3.63, 3.8) is 0 Å². The largest absolute Gasteiger partial charge is 0.508 e. The zero-order chi connectivity index (χ0) is 30.5. The molecule has 4 N–H and O–H groups in total.